The molecular formula is C13H20O6. The molecule has 19 heavy (non-hydrogen) atoms. The number of hydrogen-bond acceptors (Lipinski definition) is 6. The van der Waals surface area contributed by atoms with Crippen LogP contribution in [0.25, 0.3) is 0 Å². The van der Waals surface area contributed by atoms with Crippen LogP contribution in [-0.4, -0.2) is 48.1 Å². The first kappa shape index (κ1) is 13.5. The first-order valence-corrected chi connectivity index (χ1v) is 6.56. The van der Waals surface area contributed by atoms with Crippen LogP contribution in [0.3, 0.4) is 0 Å². The van der Waals surface area contributed by atoms with Crippen molar-refractivity contribution in [2.75, 3.05) is 0 Å². The fraction of sp³-hybridized carbons (Fsp3) is 0.923. The molecule has 0 radical (unpaired) electrons. The maximum absolute atomic E-state index is 11.7. The Morgan fingerprint density at radius 3 is 2.00 bits per heavy atom. The summed E-state index contributed by atoms with van der Waals surface area (Å²) in [6.45, 7) is 8.75. The summed E-state index contributed by atoms with van der Waals surface area (Å²) in [5.41, 5.74) is 0. The summed E-state index contributed by atoms with van der Waals surface area (Å²) < 4.78 is 28.9. The van der Waals surface area contributed by atoms with Crippen LogP contribution in [0.1, 0.15) is 34.6 Å². The molecule has 3 heterocycles. The van der Waals surface area contributed by atoms with Gasteiger partial charge in [0.15, 0.2) is 23.6 Å². The second-order valence-electron chi connectivity index (χ2n) is 6.20. The molecule has 0 bridgehead atoms. The minimum absolute atomic E-state index is 0.0944. The van der Waals surface area contributed by atoms with E-state index in [4.69, 9.17) is 23.7 Å². The average molecular weight is 272 g/mol. The van der Waals surface area contributed by atoms with Gasteiger partial charge in [-0.1, -0.05) is 0 Å². The van der Waals surface area contributed by atoms with Crippen LogP contribution < -0.4 is 0 Å². The Morgan fingerprint density at radius 2 is 1.37 bits per heavy atom. The number of Topliss-reactive ketones (excluding diaryl/α,β-unsaturated/α-hetero) is 1. The lowest BCUT2D eigenvalue weighted by molar-refractivity contribution is -0.230. The maximum Gasteiger partial charge on any atom is 0.190 e. The van der Waals surface area contributed by atoms with Crippen molar-refractivity contribution in [1.29, 1.82) is 0 Å². The van der Waals surface area contributed by atoms with Crippen molar-refractivity contribution in [3.8, 4) is 0 Å². The zero-order valence-corrected chi connectivity index (χ0v) is 11.8. The van der Waals surface area contributed by atoms with E-state index in [1.54, 1.807) is 0 Å². The summed E-state index contributed by atoms with van der Waals surface area (Å²) in [6, 6.07) is 0. The highest BCUT2D eigenvalue weighted by Crippen LogP contribution is 2.44. The van der Waals surface area contributed by atoms with E-state index in [0.717, 1.165) is 0 Å². The van der Waals surface area contributed by atoms with Gasteiger partial charge < -0.3 is 23.7 Å². The van der Waals surface area contributed by atoms with Crippen molar-refractivity contribution in [1.82, 2.24) is 0 Å². The number of ether oxygens (including phenoxy) is 5. The maximum atomic E-state index is 11.7. The second kappa shape index (κ2) is 3.99. The molecule has 3 rings (SSSR count). The van der Waals surface area contributed by atoms with Crippen molar-refractivity contribution >= 4 is 5.78 Å². The van der Waals surface area contributed by atoms with Crippen LogP contribution in [0.5, 0.6) is 0 Å². The summed E-state index contributed by atoms with van der Waals surface area (Å²) in [5.74, 6) is -1.60. The van der Waals surface area contributed by atoms with Crippen molar-refractivity contribution in [3.63, 3.8) is 0 Å². The minimum Gasteiger partial charge on any atom is -0.342 e. The SMILES string of the molecule is CC(=O)[C@@H]1OC2OC(C)(C)O[C@H]2C2OC(C)(C)O[C@@H]21. The first-order chi connectivity index (χ1) is 8.69. The third kappa shape index (κ3) is 2.21. The van der Waals surface area contributed by atoms with Gasteiger partial charge in [0.05, 0.1) is 0 Å². The molecule has 3 aliphatic heterocycles. The Kier molecular flexibility index (Phi) is 2.82. The average Bonchev–Trinajstić information content (AvgIpc) is 2.70. The van der Waals surface area contributed by atoms with Crippen LogP contribution in [0.4, 0.5) is 0 Å². The summed E-state index contributed by atoms with van der Waals surface area (Å²) in [5, 5.41) is 0. The van der Waals surface area contributed by atoms with E-state index in [9.17, 15) is 4.79 Å². The number of carbonyl (C=O) groups excluding carboxylic acids is 1. The molecule has 3 saturated heterocycles. The zero-order chi connectivity index (χ0) is 14.0. The van der Waals surface area contributed by atoms with E-state index in [-0.39, 0.29) is 18.0 Å². The Bertz CT molecular complexity index is 404. The monoisotopic (exact) mass is 272 g/mol. The molecule has 0 aromatic rings. The molecule has 0 aliphatic carbocycles. The Labute approximate surface area is 112 Å². The van der Waals surface area contributed by atoms with Crippen molar-refractivity contribution < 1.29 is 28.5 Å². The van der Waals surface area contributed by atoms with Crippen molar-refractivity contribution in [3.05, 3.63) is 0 Å². The quantitative estimate of drug-likeness (QED) is 0.709. The summed E-state index contributed by atoms with van der Waals surface area (Å²) >= 11 is 0. The second-order valence-corrected chi connectivity index (χ2v) is 6.20. The van der Waals surface area contributed by atoms with E-state index >= 15 is 0 Å². The normalized spacial score (nSPS) is 46.7. The molecule has 0 N–H and O–H groups in total. The molecular weight excluding hydrogens is 252 g/mol. The molecule has 0 saturated carbocycles. The van der Waals surface area contributed by atoms with Gasteiger partial charge in [0.2, 0.25) is 0 Å². The van der Waals surface area contributed by atoms with Gasteiger partial charge in [0.1, 0.15) is 24.4 Å². The van der Waals surface area contributed by atoms with Crippen LogP contribution in [0.15, 0.2) is 0 Å². The van der Waals surface area contributed by atoms with Gasteiger partial charge in [0.25, 0.3) is 0 Å². The highest BCUT2D eigenvalue weighted by Gasteiger charge is 2.61. The number of ketones is 1. The van der Waals surface area contributed by atoms with Gasteiger partial charge in [-0.2, -0.15) is 0 Å². The molecule has 6 heteroatoms. The fourth-order valence-electron chi connectivity index (χ4n) is 2.94. The molecule has 0 aromatic heterocycles. The lowest BCUT2D eigenvalue weighted by atomic mass is 9.97. The van der Waals surface area contributed by atoms with Crippen LogP contribution in [-0.2, 0) is 28.5 Å². The number of rotatable bonds is 1. The molecule has 0 spiro atoms. The van der Waals surface area contributed by atoms with E-state index in [1.807, 2.05) is 27.7 Å². The van der Waals surface area contributed by atoms with E-state index in [1.165, 1.54) is 6.92 Å². The third-order valence-electron chi connectivity index (χ3n) is 3.56. The predicted molar refractivity (Wildman–Crippen MR) is 63.2 cm³/mol. The smallest absolute Gasteiger partial charge is 0.190 e. The molecule has 0 aromatic carbocycles. The molecule has 6 nitrogen and oxygen atoms in total. The van der Waals surface area contributed by atoms with Crippen molar-refractivity contribution in [2.45, 2.75) is 76.9 Å². The highest BCUT2D eigenvalue weighted by atomic mass is 16.9. The first-order valence-electron chi connectivity index (χ1n) is 6.56. The Balaban J connectivity index is 1.91. The van der Waals surface area contributed by atoms with Crippen LogP contribution in [0, 0.1) is 0 Å². The molecule has 5 atom stereocenters. The molecule has 0 amide bonds. The minimum atomic E-state index is -0.753. The lowest BCUT2D eigenvalue weighted by Crippen LogP contribution is -2.57. The Hall–Kier alpha value is -0.530. The van der Waals surface area contributed by atoms with E-state index in [0.29, 0.717) is 0 Å². The summed E-state index contributed by atoms with van der Waals surface area (Å²) in [6.07, 6.45) is -2.46. The summed E-state index contributed by atoms with van der Waals surface area (Å²) in [4.78, 5) is 11.7. The third-order valence-corrected chi connectivity index (χ3v) is 3.56. The van der Waals surface area contributed by atoms with Gasteiger partial charge in [0, 0.05) is 0 Å². The number of carbonyl (C=O) groups is 1. The van der Waals surface area contributed by atoms with Crippen LogP contribution >= 0.6 is 0 Å². The largest absolute Gasteiger partial charge is 0.342 e. The zero-order valence-electron chi connectivity index (χ0n) is 11.8. The topological polar surface area (TPSA) is 63.2 Å². The van der Waals surface area contributed by atoms with Gasteiger partial charge in [-0.15, -0.1) is 0 Å². The van der Waals surface area contributed by atoms with E-state index < -0.39 is 30.1 Å². The van der Waals surface area contributed by atoms with Crippen LogP contribution in [0.2, 0.25) is 0 Å². The van der Waals surface area contributed by atoms with Gasteiger partial charge in [-0.25, -0.2) is 0 Å². The van der Waals surface area contributed by atoms with Crippen molar-refractivity contribution in [2.24, 2.45) is 0 Å². The lowest BCUT2D eigenvalue weighted by Gasteiger charge is -2.35. The highest BCUT2D eigenvalue weighted by molar-refractivity contribution is 5.81. The number of hydrogen-bond donors (Lipinski definition) is 0. The predicted octanol–water partition coefficient (Wildman–Crippen LogP) is 0.972. The van der Waals surface area contributed by atoms with Gasteiger partial charge in [-0.3, -0.25) is 4.79 Å². The molecule has 3 aliphatic rings. The molecule has 3 fully saturated rings. The molecule has 2 unspecified atom stereocenters. The fourth-order valence-corrected chi connectivity index (χ4v) is 2.94. The molecule has 108 valence electrons. The Morgan fingerprint density at radius 1 is 0.842 bits per heavy atom. The number of fused-ring (bicyclic) bond motifs is 3. The summed E-state index contributed by atoms with van der Waals surface area (Å²) in [7, 11) is 0. The van der Waals surface area contributed by atoms with Gasteiger partial charge in [-0.05, 0) is 34.6 Å². The van der Waals surface area contributed by atoms with Gasteiger partial charge >= 0.3 is 0 Å². The van der Waals surface area contributed by atoms with E-state index in [2.05, 4.69) is 0 Å². The standard InChI is InChI=1S/C13H20O6/c1-6(14)7-8-9(17-12(2,3)16-8)10-11(15-7)19-13(4,5)18-10/h7-11H,1-5H3/t7-,8+,9?,10-,11?/m0/s1.